The highest BCUT2D eigenvalue weighted by atomic mass is 79.9. The Balaban J connectivity index is 1.52. The zero-order chi connectivity index (χ0) is 15.5. The summed E-state index contributed by atoms with van der Waals surface area (Å²) in [6.45, 7) is 0.927. The smallest absolute Gasteiger partial charge is 0.306 e. The van der Waals surface area contributed by atoms with Crippen molar-refractivity contribution < 1.29 is 9.90 Å². The topological polar surface area (TPSA) is 65.1 Å². The van der Waals surface area contributed by atoms with E-state index in [9.17, 15) is 4.79 Å². The lowest BCUT2D eigenvalue weighted by Crippen LogP contribution is -2.35. The first-order valence-corrected chi connectivity index (χ1v) is 8.65. The van der Waals surface area contributed by atoms with E-state index in [1.54, 1.807) is 0 Å². The van der Waals surface area contributed by atoms with Crippen LogP contribution in [-0.2, 0) is 11.2 Å². The summed E-state index contributed by atoms with van der Waals surface area (Å²) in [6.07, 6.45) is 6.58. The number of H-pyrrole nitrogens is 1. The molecule has 118 valence electrons. The summed E-state index contributed by atoms with van der Waals surface area (Å²) >= 11 is 3.62. The van der Waals surface area contributed by atoms with Crippen LogP contribution in [0.4, 0.5) is 0 Å². The van der Waals surface area contributed by atoms with Gasteiger partial charge in [-0.25, -0.2) is 0 Å². The highest BCUT2D eigenvalue weighted by Gasteiger charge is 2.25. The van der Waals surface area contributed by atoms with Crippen molar-refractivity contribution in [3.63, 3.8) is 0 Å². The van der Waals surface area contributed by atoms with Gasteiger partial charge in [0.15, 0.2) is 0 Å². The number of carbonyl (C=O) groups is 1. The minimum Gasteiger partial charge on any atom is -0.481 e. The van der Waals surface area contributed by atoms with Crippen LogP contribution in [0.3, 0.4) is 0 Å². The first-order valence-electron chi connectivity index (χ1n) is 7.86. The van der Waals surface area contributed by atoms with Crippen LogP contribution in [0.15, 0.2) is 28.9 Å². The summed E-state index contributed by atoms with van der Waals surface area (Å²) < 4.78 is 1.13. The van der Waals surface area contributed by atoms with Gasteiger partial charge in [0.2, 0.25) is 0 Å². The Bertz CT molecular complexity index is 660. The van der Waals surface area contributed by atoms with E-state index in [1.807, 2.05) is 6.07 Å². The van der Waals surface area contributed by atoms with Gasteiger partial charge in [-0.05, 0) is 56.3 Å². The van der Waals surface area contributed by atoms with Crippen molar-refractivity contribution in [1.29, 1.82) is 0 Å². The molecule has 3 rings (SSSR count). The van der Waals surface area contributed by atoms with Crippen molar-refractivity contribution in [1.82, 2.24) is 10.3 Å². The van der Waals surface area contributed by atoms with Crippen LogP contribution in [0.5, 0.6) is 0 Å². The molecule has 22 heavy (non-hydrogen) atoms. The van der Waals surface area contributed by atoms with Crippen LogP contribution in [0, 0.1) is 5.92 Å². The number of halogens is 1. The number of rotatable bonds is 5. The van der Waals surface area contributed by atoms with Gasteiger partial charge in [0.1, 0.15) is 0 Å². The average Bonchev–Trinajstić information content (AvgIpc) is 2.92. The molecule has 0 aliphatic heterocycles. The lowest BCUT2D eigenvalue weighted by atomic mass is 9.86. The highest BCUT2D eigenvalue weighted by molar-refractivity contribution is 9.10. The molecule has 1 aromatic heterocycles. The molecular formula is C17H21BrN2O2. The second-order valence-electron chi connectivity index (χ2n) is 6.07. The van der Waals surface area contributed by atoms with E-state index in [1.165, 1.54) is 10.9 Å². The maximum atomic E-state index is 11.0. The zero-order valence-electron chi connectivity index (χ0n) is 12.4. The van der Waals surface area contributed by atoms with Gasteiger partial charge in [0.05, 0.1) is 5.92 Å². The van der Waals surface area contributed by atoms with Crippen molar-refractivity contribution in [2.75, 3.05) is 6.54 Å². The van der Waals surface area contributed by atoms with Gasteiger partial charge in [-0.3, -0.25) is 4.79 Å². The van der Waals surface area contributed by atoms with Crippen molar-refractivity contribution in [2.45, 2.75) is 38.1 Å². The molecule has 1 aliphatic rings. The maximum Gasteiger partial charge on any atom is 0.306 e. The fourth-order valence-electron chi connectivity index (χ4n) is 3.36. The quantitative estimate of drug-likeness (QED) is 0.757. The Kier molecular flexibility index (Phi) is 4.84. The summed E-state index contributed by atoms with van der Waals surface area (Å²) in [4.78, 5) is 14.3. The van der Waals surface area contributed by atoms with Crippen LogP contribution < -0.4 is 5.32 Å². The van der Waals surface area contributed by atoms with E-state index in [-0.39, 0.29) is 5.92 Å². The number of carboxylic acid groups (broad SMARTS) is 1. The first-order chi connectivity index (χ1) is 10.6. The van der Waals surface area contributed by atoms with E-state index < -0.39 is 5.97 Å². The number of fused-ring (bicyclic) bond motifs is 1. The fourth-order valence-corrected chi connectivity index (χ4v) is 3.98. The van der Waals surface area contributed by atoms with Crippen molar-refractivity contribution in [3.8, 4) is 0 Å². The van der Waals surface area contributed by atoms with Crippen LogP contribution in [0.25, 0.3) is 10.9 Å². The largest absolute Gasteiger partial charge is 0.481 e. The minimum atomic E-state index is -0.637. The predicted molar refractivity (Wildman–Crippen MR) is 91.1 cm³/mol. The summed E-state index contributed by atoms with van der Waals surface area (Å²) in [7, 11) is 0. The first kappa shape index (κ1) is 15.6. The maximum absolute atomic E-state index is 11.0. The Hall–Kier alpha value is -1.33. The molecule has 1 aromatic carbocycles. The lowest BCUT2D eigenvalue weighted by Gasteiger charge is -2.26. The van der Waals surface area contributed by atoms with E-state index in [0.717, 1.165) is 48.6 Å². The van der Waals surface area contributed by atoms with Crippen molar-refractivity contribution in [2.24, 2.45) is 5.92 Å². The summed E-state index contributed by atoms with van der Waals surface area (Å²) in [5, 5.41) is 13.9. The number of hydrogen-bond donors (Lipinski definition) is 3. The molecule has 1 heterocycles. The van der Waals surface area contributed by atoms with Gasteiger partial charge >= 0.3 is 5.97 Å². The molecule has 4 nitrogen and oxygen atoms in total. The van der Waals surface area contributed by atoms with E-state index >= 15 is 0 Å². The molecule has 0 atom stereocenters. The Morgan fingerprint density at radius 3 is 2.82 bits per heavy atom. The van der Waals surface area contributed by atoms with Crippen molar-refractivity contribution in [3.05, 3.63) is 34.4 Å². The Labute approximate surface area is 138 Å². The normalized spacial score (nSPS) is 22.0. The number of carboxylic acids is 1. The van der Waals surface area contributed by atoms with Crippen LogP contribution in [-0.4, -0.2) is 28.6 Å². The number of aromatic amines is 1. The zero-order valence-corrected chi connectivity index (χ0v) is 14.0. The van der Waals surface area contributed by atoms with Gasteiger partial charge in [-0.15, -0.1) is 0 Å². The van der Waals surface area contributed by atoms with Gasteiger partial charge in [-0.2, -0.15) is 0 Å². The SMILES string of the molecule is O=C(O)C1CCC(NCCc2c[nH]c3cccc(Br)c23)CC1. The van der Waals surface area contributed by atoms with Crippen LogP contribution >= 0.6 is 15.9 Å². The molecule has 5 heteroatoms. The van der Waals surface area contributed by atoms with E-state index in [4.69, 9.17) is 5.11 Å². The molecule has 0 spiro atoms. The third-order valence-electron chi connectivity index (χ3n) is 4.64. The van der Waals surface area contributed by atoms with E-state index in [2.05, 4.69) is 44.6 Å². The molecule has 0 radical (unpaired) electrons. The fraction of sp³-hybridized carbons (Fsp3) is 0.471. The van der Waals surface area contributed by atoms with Gasteiger partial charge < -0.3 is 15.4 Å². The Morgan fingerprint density at radius 2 is 2.09 bits per heavy atom. The second-order valence-corrected chi connectivity index (χ2v) is 6.92. The van der Waals surface area contributed by atoms with Crippen molar-refractivity contribution >= 4 is 32.8 Å². The molecular weight excluding hydrogens is 344 g/mol. The standard InChI is InChI=1S/C17H21BrN2O2/c18-14-2-1-3-15-16(14)12(10-20-15)8-9-19-13-6-4-11(5-7-13)17(21)22/h1-3,10-11,13,19-20H,4-9H2,(H,21,22). The number of aliphatic carboxylic acids is 1. The average molecular weight is 365 g/mol. The monoisotopic (exact) mass is 364 g/mol. The molecule has 0 bridgehead atoms. The summed E-state index contributed by atoms with van der Waals surface area (Å²) in [5.41, 5.74) is 2.47. The third kappa shape index (κ3) is 3.36. The molecule has 2 aromatic rings. The molecule has 0 unspecified atom stereocenters. The second kappa shape index (κ2) is 6.84. The summed E-state index contributed by atoms with van der Waals surface area (Å²) in [6, 6.07) is 6.65. The third-order valence-corrected chi connectivity index (χ3v) is 5.30. The predicted octanol–water partition coefficient (Wildman–Crippen LogP) is 3.71. The molecule has 3 N–H and O–H groups in total. The molecule has 1 saturated carbocycles. The summed E-state index contributed by atoms with van der Waals surface area (Å²) in [5.74, 6) is -0.773. The van der Waals surface area contributed by atoms with Crippen LogP contribution in [0.1, 0.15) is 31.2 Å². The number of nitrogens with one attached hydrogen (secondary N) is 2. The van der Waals surface area contributed by atoms with Gasteiger partial charge in [0.25, 0.3) is 0 Å². The highest BCUT2D eigenvalue weighted by Crippen LogP contribution is 2.27. The molecule has 1 fully saturated rings. The Morgan fingerprint density at radius 1 is 1.32 bits per heavy atom. The van der Waals surface area contributed by atoms with Crippen LogP contribution in [0.2, 0.25) is 0 Å². The van der Waals surface area contributed by atoms with E-state index in [0.29, 0.717) is 6.04 Å². The number of hydrogen-bond acceptors (Lipinski definition) is 2. The number of aromatic nitrogens is 1. The molecule has 0 saturated heterocycles. The molecule has 1 aliphatic carbocycles. The number of benzene rings is 1. The molecule has 0 amide bonds. The van der Waals surface area contributed by atoms with Gasteiger partial charge in [0, 0.05) is 27.6 Å². The minimum absolute atomic E-state index is 0.136. The van der Waals surface area contributed by atoms with Gasteiger partial charge in [-0.1, -0.05) is 22.0 Å². The lowest BCUT2D eigenvalue weighted by molar-refractivity contribution is -0.142.